The number of ketones is 1. The van der Waals surface area contributed by atoms with Gasteiger partial charge in [-0.05, 0) is 51.0 Å². The van der Waals surface area contributed by atoms with Crippen LogP contribution in [-0.4, -0.2) is 17.7 Å². The van der Waals surface area contributed by atoms with Crippen LogP contribution < -0.4 is 0 Å². The monoisotopic (exact) mass is 434 g/mol. The number of furan rings is 1. The van der Waals surface area contributed by atoms with Gasteiger partial charge in [0.15, 0.2) is 5.78 Å². The van der Waals surface area contributed by atoms with E-state index in [0.717, 1.165) is 33.4 Å². The van der Waals surface area contributed by atoms with Crippen LogP contribution in [0.25, 0.3) is 0 Å². The molecule has 164 valence electrons. The van der Waals surface area contributed by atoms with Crippen LogP contribution in [0.5, 0.6) is 0 Å². The first-order valence-corrected chi connectivity index (χ1v) is 10.9. The van der Waals surface area contributed by atoms with E-state index in [0.29, 0.717) is 22.6 Å². The van der Waals surface area contributed by atoms with E-state index in [9.17, 15) is 4.79 Å². The third-order valence-electron chi connectivity index (χ3n) is 5.58. The molecule has 0 aliphatic heterocycles. The Morgan fingerprint density at radius 2 is 1.36 bits per heavy atom. The van der Waals surface area contributed by atoms with Crippen LogP contribution in [0.15, 0.2) is 93.7 Å². The molecule has 4 heteroatoms. The first-order valence-electron chi connectivity index (χ1n) is 10.9. The first-order chi connectivity index (χ1) is 15.9. The Bertz CT molecular complexity index is 1360. The van der Waals surface area contributed by atoms with E-state index in [4.69, 9.17) is 4.42 Å². The molecule has 0 aliphatic carbocycles. The lowest BCUT2D eigenvalue weighted by Gasteiger charge is -2.14. The van der Waals surface area contributed by atoms with E-state index in [1.54, 1.807) is 18.5 Å². The highest BCUT2D eigenvalue weighted by atomic mass is 16.3. The van der Waals surface area contributed by atoms with Gasteiger partial charge in [0.2, 0.25) is 0 Å². The summed E-state index contributed by atoms with van der Waals surface area (Å²) in [5.41, 5.74) is 7.90. The number of benzene rings is 3. The molecule has 0 saturated carbocycles. The normalized spacial score (nSPS) is 11.8. The number of carbonyl (C=O) groups excluding carboxylic acids is 1. The Labute approximate surface area is 194 Å². The summed E-state index contributed by atoms with van der Waals surface area (Å²) in [6, 6.07) is 23.3. The quantitative estimate of drug-likeness (QED) is 0.195. The van der Waals surface area contributed by atoms with Gasteiger partial charge in [-0.25, -0.2) is 0 Å². The Hall–Kier alpha value is -4.05. The van der Waals surface area contributed by atoms with Gasteiger partial charge in [0, 0.05) is 22.3 Å². The lowest BCUT2D eigenvalue weighted by molar-refractivity contribution is 0.103. The molecule has 3 aromatic carbocycles. The number of hydrogen-bond donors (Lipinski definition) is 0. The minimum Gasteiger partial charge on any atom is -0.463 e. The lowest BCUT2D eigenvalue weighted by Crippen LogP contribution is -2.14. The maximum atomic E-state index is 13.6. The van der Waals surface area contributed by atoms with Gasteiger partial charge >= 0.3 is 0 Å². The average molecular weight is 435 g/mol. The van der Waals surface area contributed by atoms with Crippen LogP contribution in [-0.2, 0) is 0 Å². The molecular weight excluding hydrogens is 408 g/mol. The second kappa shape index (κ2) is 9.61. The molecule has 0 fully saturated rings. The second-order valence-corrected chi connectivity index (χ2v) is 8.22. The van der Waals surface area contributed by atoms with E-state index in [2.05, 4.69) is 23.2 Å². The highest BCUT2D eigenvalue weighted by molar-refractivity contribution is 6.22. The Morgan fingerprint density at radius 3 is 1.97 bits per heavy atom. The number of aryl methyl sites for hydroxylation is 4. The zero-order valence-corrected chi connectivity index (χ0v) is 19.3. The zero-order chi connectivity index (χ0) is 23.4. The molecule has 0 unspecified atom stereocenters. The van der Waals surface area contributed by atoms with Crippen molar-refractivity contribution in [2.75, 3.05) is 0 Å². The molecule has 4 aromatic rings. The number of nitrogens with zero attached hydrogens (tertiary/aromatic N) is 2. The highest BCUT2D eigenvalue weighted by Crippen LogP contribution is 2.23. The van der Waals surface area contributed by atoms with Crippen molar-refractivity contribution in [2.45, 2.75) is 27.7 Å². The van der Waals surface area contributed by atoms with Crippen molar-refractivity contribution in [2.24, 2.45) is 10.2 Å². The minimum atomic E-state index is -0.0319. The van der Waals surface area contributed by atoms with Crippen molar-refractivity contribution in [3.05, 3.63) is 129 Å². The predicted octanol–water partition coefficient (Wildman–Crippen LogP) is 6.62. The molecule has 1 aromatic heterocycles. The summed E-state index contributed by atoms with van der Waals surface area (Å²) in [6.45, 7) is 8.09. The third-order valence-corrected chi connectivity index (χ3v) is 5.58. The maximum absolute atomic E-state index is 13.6. The largest absolute Gasteiger partial charge is 0.463 e. The topological polar surface area (TPSA) is 54.9 Å². The first kappa shape index (κ1) is 22.2. The molecule has 1 heterocycles. The summed E-state index contributed by atoms with van der Waals surface area (Å²) in [4.78, 5) is 13.6. The molecule has 0 radical (unpaired) electrons. The molecular formula is C29H26N2O2. The van der Waals surface area contributed by atoms with Crippen LogP contribution in [0.4, 0.5) is 0 Å². The van der Waals surface area contributed by atoms with Crippen LogP contribution in [0.2, 0.25) is 0 Å². The Balaban J connectivity index is 1.86. The van der Waals surface area contributed by atoms with Crippen LogP contribution >= 0.6 is 0 Å². The van der Waals surface area contributed by atoms with Gasteiger partial charge in [-0.2, -0.15) is 5.10 Å². The fraction of sp³-hybridized carbons (Fsp3) is 0.138. The van der Waals surface area contributed by atoms with Crippen molar-refractivity contribution >= 4 is 17.7 Å². The molecule has 0 amide bonds. The summed E-state index contributed by atoms with van der Waals surface area (Å²) in [5, 5.41) is 8.87. The summed E-state index contributed by atoms with van der Waals surface area (Å²) in [6.07, 6.45) is 3.16. The summed E-state index contributed by atoms with van der Waals surface area (Å²) >= 11 is 0. The van der Waals surface area contributed by atoms with Crippen molar-refractivity contribution in [1.29, 1.82) is 0 Å². The van der Waals surface area contributed by atoms with E-state index in [1.807, 2.05) is 81.4 Å². The van der Waals surface area contributed by atoms with Crippen molar-refractivity contribution < 1.29 is 9.21 Å². The molecule has 4 rings (SSSR count). The van der Waals surface area contributed by atoms with Gasteiger partial charge < -0.3 is 4.42 Å². The van der Waals surface area contributed by atoms with Gasteiger partial charge in [-0.15, -0.1) is 5.10 Å². The van der Waals surface area contributed by atoms with Gasteiger partial charge in [0.1, 0.15) is 11.5 Å². The average Bonchev–Trinajstić information content (AvgIpc) is 3.31. The predicted molar refractivity (Wildman–Crippen MR) is 134 cm³/mol. The molecule has 0 bridgehead atoms. The van der Waals surface area contributed by atoms with Crippen LogP contribution in [0, 0.1) is 27.7 Å². The summed E-state index contributed by atoms with van der Waals surface area (Å²) < 4.78 is 5.34. The van der Waals surface area contributed by atoms with Crippen molar-refractivity contribution in [1.82, 2.24) is 0 Å². The van der Waals surface area contributed by atoms with Crippen molar-refractivity contribution in [3.63, 3.8) is 0 Å². The Morgan fingerprint density at radius 1 is 0.727 bits per heavy atom. The zero-order valence-electron chi connectivity index (χ0n) is 19.3. The summed E-state index contributed by atoms with van der Waals surface area (Å²) in [7, 11) is 0. The maximum Gasteiger partial charge on any atom is 0.193 e. The van der Waals surface area contributed by atoms with Crippen LogP contribution in [0.1, 0.15) is 55.1 Å². The smallest absolute Gasteiger partial charge is 0.193 e. The van der Waals surface area contributed by atoms with E-state index in [1.165, 1.54) is 0 Å². The molecule has 0 spiro atoms. The highest BCUT2D eigenvalue weighted by Gasteiger charge is 2.20. The molecule has 4 nitrogen and oxygen atoms in total. The van der Waals surface area contributed by atoms with Gasteiger partial charge in [-0.3, -0.25) is 4.79 Å². The standard InChI is InChI=1S/C29H26N2O2/c1-19-11-13-24(21(3)16-19)28(31-30-18-23-8-7-15-33-23)26-9-5-6-10-27(26)29(32)25-14-12-20(2)17-22(25)4/h5-18H,1-4H3/b30-18+,31-28+. The molecule has 33 heavy (non-hydrogen) atoms. The van der Waals surface area contributed by atoms with E-state index in [-0.39, 0.29) is 5.78 Å². The Kier molecular flexibility index (Phi) is 6.45. The van der Waals surface area contributed by atoms with Gasteiger partial charge in [-0.1, -0.05) is 71.8 Å². The van der Waals surface area contributed by atoms with Gasteiger partial charge in [0.05, 0.1) is 12.5 Å². The van der Waals surface area contributed by atoms with E-state index >= 15 is 0 Å². The minimum absolute atomic E-state index is 0.0319. The molecule has 0 aliphatic rings. The van der Waals surface area contributed by atoms with E-state index < -0.39 is 0 Å². The fourth-order valence-corrected chi connectivity index (χ4v) is 3.94. The van der Waals surface area contributed by atoms with Gasteiger partial charge in [0.25, 0.3) is 0 Å². The fourth-order valence-electron chi connectivity index (χ4n) is 3.94. The third kappa shape index (κ3) is 4.90. The van der Waals surface area contributed by atoms with Crippen molar-refractivity contribution in [3.8, 4) is 0 Å². The number of rotatable bonds is 6. The molecule has 0 N–H and O–H groups in total. The second-order valence-electron chi connectivity index (χ2n) is 8.22. The molecule has 0 atom stereocenters. The SMILES string of the molecule is Cc1ccc(C(=O)c2ccccc2/C(=N/N=C/c2ccco2)c2ccc(C)cc2C)c(C)c1. The number of hydrogen-bond acceptors (Lipinski definition) is 4. The number of carbonyl (C=O) groups is 1. The lowest BCUT2D eigenvalue weighted by atomic mass is 9.89. The summed E-state index contributed by atoms with van der Waals surface area (Å²) in [5.74, 6) is 0.578. The molecule has 0 saturated heterocycles. The van der Waals surface area contributed by atoms with Crippen LogP contribution in [0.3, 0.4) is 0 Å².